The summed E-state index contributed by atoms with van der Waals surface area (Å²) in [5.41, 5.74) is 0. The Morgan fingerprint density at radius 1 is 1.78 bits per heavy atom. The van der Waals surface area contributed by atoms with Crippen molar-refractivity contribution in [1.82, 2.24) is 0 Å². The van der Waals surface area contributed by atoms with Gasteiger partial charge >= 0.3 is 63.0 Å². The molecular formula is C6H10NOSe. The fourth-order valence-corrected chi connectivity index (χ4v) is 1.13. The second-order valence-electron chi connectivity index (χ2n) is 2.52. The van der Waals surface area contributed by atoms with Crippen molar-refractivity contribution in [2.24, 2.45) is 10.9 Å². The van der Waals surface area contributed by atoms with E-state index in [1.165, 1.54) is 0 Å². The van der Waals surface area contributed by atoms with E-state index >= 15 is 0 Å². The molecule has 0 aromatic heterocycles. The normalized spacial score (nSPS) is 26.1. The molecular weight excluding hydrogens is 180 g/mol. The zero-order valence-corrected chi connectivity index (χ0v) is 7.34. The Hall–Kier alpha value is -0.0105. The Balaban J connectivity index is 2.47. The molecule has 3 heteroatoms. The van der Waals surface area contributed by atoms with Crippen molar-refractivity contribution in [3.05, 3.63) is 0 Å². The van der Waals surface area contributed by atoms with Crippen LogP contribution < -0.4 is 0 Å². The number of rotatable bonds is 1. The number of nitrogens with zero attached hydrogens (tertiary/aromatic N) is 1. The zero-order valence-electron chi connectivity index (χ0n) is 5.63. The van der Waals surface area contributed by atoms with Gasteiger partial charge in [0.05, 0.1) is 0 Å². The molecule has 0 saturated carbocycles. The molecule has 1 radical (unpaired) electrons. The second kappa shape index (κ2) is 2.72. The molecule has 0 aliphatic carbocycles. The molecule has 9 heavy (non-hydrogen) atoms. The Morgan fingerprint density at radius 3 is 2.67 bits per heavy atom. The van der Waals surface area contributed by atoms with Gasteiger partial charge in [-0.25, -0.2) is 0 Å². The molecule has 0 aromatic rings. The van der Waals surface area contributed by atoms with Gasteiger partial charge in [-0.1, -0.05) is 0 Å². The molecule has 1 heterocycles. The Kier molecular flexibility index (Phi) is 2.14. The molecule has 0 fully saturated rings. The van der Waals surface area contributed by atoms with E-state index < -0.39 is 0 Å². The fourth-order valence-electron chi connectivity index (χ4n) is 0.708. The van der Waals surface area contributed by atoms with Crippen LogP contribution in [0.1, 0.15) is 13.8 Å². The SMILES string of the molecule is CC(C)[C@H]1CO[13C]([77Se])=N1. The van der Waals surface area contributed by atoms with Gasteiger partial charge in [0.1, 0.15) is 0 Å². The molecule has 0 spiro atoms. The summed E-state index contributed by atoms with van der Waals surface area (Å²) in [5.74, 6) is 0.593. The van der Waals surface area contributed by atoms with Crippen LogP contribution in [0.5, 0.6) is 0 Å². The molecule has 2 nitrogen and oxygen atoms in total. The van der Waals surface area contributed by atoms with E-state index in [1.807, 2.05) is 0 Å². The zero-order chi connectivity index (χ0) is 6.85. The summed E-state index contributed by atoms with van der Waals surface area (Å²) in [4.78, 5) is 4.94. The van der Waals surface area contributed by atoms with Crippen LogP contribution in [0, 0.1) is 5.92 Å². The van der Waals surface area contributed by atoms with Gasteiger partial charge in [0, 0.05) is 0 Å². The van der Waals surface area contributed by atoms with Gasteiger partial charge in [-0.05, 0) is 0 Å². The van der Waals surface area contributed by atoms with Crippen LogP contribution in [-0.4, -0.2) is 33.5 Å². The topological polar surface area (TPSA) is 21.6 Å². The molecule has 1 aliphatic rings. The van der Waals surface area contributed by atoms with Crippen LogP contribution in [0.2, 0.25) is 0 Å². The van der Waals surface area contributed by atoms with Crippen molar-refractivity contribution in [2.45, 2.75) is 19.9 Å². The van der Waals surface area contributed by atoms with E-state index in [9.17, 15) is 0 Å². The third-order valence-corrected chi connectivity index (χ3v) is 1.89. The quantitative estimate of drug-likeness (QED) is 0.437. The summed E-state index contributed by atoms with van der Waals surface area (Å²) in [6.07, 6.45) is 0. The summed E-state index contributed by atoms with van der Waals surface area (Å²) in [5, 5.41) is 0. The van der Waals surface area contributed by atoms with Crippen LogP contribution in [0.3, 0.4) is 0 Å². The Labute approximate surface area is 63.5 Å². The van der Waals surface area contributed by atoms with Crippen molar-refractivity contribution in [1.29, 1.82) is 0 Å². The minimum atomic E-state index is 0.376. The van der Waals surface area contributed by atoms with Crippen LogP contribution >= 0.6 is 0 Å². The first-order valence-corrected chi connectivity index (χ1v) is 3.93. The molecule has 0 saturated heterocycles. The minimum absolute atomic E-state index is 0.376. The number of aliphatic imine (C=N–C) groups is 1. The van der Waals surface area contributed by atoms with E-state index in [2.05, 4.69) is 34.9 Å². The predicted molar refractivity (Wildman–Crippen MR) is 37.8 cm³/mol. The molecule has 0 bridgehead atoms. The number of ether oxygens (including phenoxy) is 1. The molecule has 51 valence electrons. The molecule has 0 N–H and O–H groups in total. The van der Waals surface area contributed by atoms with Gasteiger partial charge in [0.15, 0.2) is 0 Å². The summed E-state index contributed by atoms with van der Waals surface area (Å²) >= 11 is 2.75. The third-order valence-electron chi connectivity index (χ3n) is 1.42. The van der Waals surface area contributed by atoms with E-state index in [-0.39, 0.29) is 0 Å². The molecule has 0 amide bonds. The number of hydrogen-bond donors (Lipinski definition) is 0. The van der Waals surface area contributed by atoms with E-state index in [1.54, 1.807) is 0 Å². The average molecular weight is 190 g/mol. The first-order chi connectivity index (χ1) is 4.20. The van der Waals surface area contributed by atoms with Crippen LogP contribution in [0.4, 0.5) is 0 Å². The van der Waals surface area contributed by atoms with Gasteiger partial charge < -0.3 is 0 Å². The second-order valence-corrected chi connectivity index (χ2v) is 3.25. The van der Waals surface area contributed by atoms with Crippen LogP contribution in [0.15, 0.2) is 4.99 Å². The summed E-state index contributed by atoms with van der Waals surface area (Å²) in [6, 6.07) is 0.376. The summed E-state index contributed by atoms with van der Waals surface area (Å²) in [6.45, 7) is 5.05. The predicted octanol–water partition coefficient (Wildman–Crippen LogP) is 0.566. The van der Waals surface area contributed by atoms with Crippen molar-refractivity contribution >= 4 is 20.8 Å². The van der Waals surface area contributed by atoms with Gasteiger partial charge in [-0.2, -0.15) is 0 Å². The molecule has 0 unspecified atom stereocenters. The van der Waals surface area contributed by atoms with Gasteiger partial charge in [0.2, 0.25) is 0 Å². The van der Waals surface area contributed by atoms with Gasteiger partial charge in [-0.15, -0.1) is 0 Å². The maximum absolute atomic E-state index is 5.12. The number of hydrogen-bond acceptors (Lipinski definition) is 2. The monoisotopic (exact) mass is 190 g/mol. The van der Waals surface area contributed by atoms with Crippen molar-refractivity contribution in [2.75, 3.05) is 6.61 Å². The van der Waals surface area contributed by atoms with Gasteiger partial charge in [-0.3, -0.25) is 0 Å². The van der Waals surface area contributed by atoms with E-state index in [0.29, 0.717) is 16.8 Å². The fraction of sp³-hybridized carbons (Fsp3) is 0.833. The average Bonchev–Trinajstić information content (AvgIpc) is 2.14. The molecule has 1 atom stereocenters. The van der Waals surface area contributed by atoms with Crippen LogP contribution in [0.25, 0.3) is 0 Å². The molecule has 0 aromatic carbocycles. The van der Waals surface area contributed by atoms with Crippen LogP contribution in [-0.2, 0) is 4.74 Å². The summed E-state index contributed by atoms with van der Waals surface area (Å²) in [7, 11) is 0. The van der Waals surface area contributed by atoms with E-state index in [4.69, 9.17) is 4.74 Å². The Morgan fingerprint density at radius 2 is 2.44 bits per heavy atom. The third kappa shape index (κ3) is 1.70. The Bertz CT molecular complexity index is 133. The first kappa shape index (κ1) is 7.10. The van der Waals surface area contributed by atoms with Crippen molar-refractivity contribution in [3.63, 3.8) is 0 Å². The molecule has 1 aliphatic heterocycles. The first-order valence-electron chi connectivity index (χ1n) is 3.08. The standard InChI is InChI=1S/C6H10NOSe/c1-4(2)5-3-8-6(9)7-5/h4-5H,3H2,1-2H3/t5-/m1/s1/i6+1,9-2. The van der Waals surface area contributed by atoms with Crippen molar-refractivity contribution < 1.29 is 4.74 Å². The van der Waals surface area contributed by atoms with Crippen molar-refractivity contribution in [3.8, 4) is 0 Å². The van der Waals surface area contributed by atoms with E-state index in [0.717, 1.165) is 6.61 Å². The van der Waals surface area contributed by atoms with Gasteiger partial charge in [0.25, 0.3) is 0 Å². The summed E-state index contributed by atoms with van der Waals surface area (Å²) < 4.78 is 5.12. The molecule has 1 rings (SSSR count). The maximum atomic E-state index is 5.12.